The van der Waals surface area contributed by atoms with Crippen LogP contribution in [0.3, 0.4) is 0 Å². The molecule has 166 valence electrons. The van der Waals surface area contributed by atoms with Gasteiger partial charge in [-0.1, -0.05) is 12.8 Å². The number of aromatic nitrogens is 2. The number of rotatable bonds is 7. The van der Waals surface area contributed by atoms with Gasteiger partial charge < -0.3 is 21.3 Å². The Morgan fingerprint density at radius 2 is 1.75 bits per heavy atom. The number of nitrogens with zero attached hydrogens (tertiary/aromatic N) is 2. The molecule has 4 N–H and O–H groups in total. The molecule has 0 saturated heterocycles. The molecule has 0 radical (unpaired) electrons. The normalized spacial score (nSPS) is 13.6. The summed E-state index contributed by atoms with van der Waals surface area (Å²) in [7, 11) is 1.61. The minimum atomic E-state index is -0.146. The Balaban J connectivity index is 1.43. The second-order valence-corrected chi connectivity index (χ2v) is 8.68. The third-order valence-electron chi connectivity index (χ3n) is 5.46. The topological polar surface area (TPSA) is 108 Å². The second kappa shape index (κ2) is 9.78. The number of amides is 2. The zero-order chi connectivity index (χ0) is 22.5. The molecule has 2 amide bonds. The van der Waals surface area contributed by atoms with Crippen molar-refractivity contribution in [3.8, 4) is 0 Å². The first-order chi connectivity index (χ1) is 15.5. The van der Waals surface area contributed by atoms with E-state index < -0.39 is 0 Å². The quantitative estimate of drug-likeness (QED) is 0.411. The molecular weight excluding hydrogens is 424 g/mol. The van der Waals surface area contributed by atoms with Gasteiger partial charge in [0.25, 0.3) is 5.91 Å². The standard InChI is InChI=1S/C23H26N6O2S/c1-14-13-25-23(29-20(14)28-18-11-12-32-19(18)22(31)24-2)27-17-9-7-16(8-10-17)26-21(30)15-5-3-4-6-15/h7-13,15H,3-6H2,1-2H3,(H,24,31)(H,26,30)(H2,25,27,28,29). The maximum absolute atomic E-state index is 12.3. The molecule has 0 bridgehead atoms. The highest BCUT2D eigenvalue weighted by Crippen LogP contribution is 2.28. The molecule has 0 unspecified atom stereocenters. The maximum atomic E-state index is 12.3. The summed E-state index contributed by atoms with van der Waals surface area (Å²) in [6.45, 7) is 1.90. The zero-order valence-corrected chi connectivity index (χ0v) is 18.9. The summed E-state index contributed by atoms with van der Waals surface area (Å²) in [5, 5.41) is 13.9. The molecular formula is C23H26N6O2S. The third kappa shape index (κ3) is 5.05. The van der Waals surface area contributed by atoms with Gasteiger partial charge in [-0.15, -0.1) is 11.3 Å². The molecule has 0 spiro atoms. The summed E-state index contributed by atoms with van der Waals surface area (Å²) in [4.78, 5) is 33.8. The smallest absolute Gasteiger partial charge is 0.263 e. The van der Waals surface area contributed by atoms with Gasteiger partial charge in [0.15, 0.2) is 0 Å². The molecule has 0 aliphatic heterocycles. The van der Waals surface area contributed by atoms with Crippen molar-refractivity contribution in [2.45, 2.75) is 32.6 Å². The first-order valence-corrected chi connectivity index (χ1v) is 11.5. The monoisotopic (exact) mass is 450 g/mol. The lowest BCUT2D eigenvalue weighted by atomic mass is 10.1. The Labute approximate surface area is 190 Å². The van der Waals surface area contributed by atoms with Gasteiger partial charge in [-0.25, -0.2) is 4.98 Å². The van der Waals surface area contributed by atoms with Gasteiger partial charge in [-0.3, -0.25) is 9.59 Å². The Morgan fingerprint density at radius 3 is 2.47 bits per heavy atom. The number of hydrogen-bond donors (Lipinski definition) is 4. The Bertz CT molecular complexity index is 1110. The van der Waals surface area contributed by atoms with Crippen LogP contribution in [0.15, 0.2) is 41.9 Å². The summed E-state index contributed by atoms with van der Waals surface area (Å²) < 4.78 is 0. The molecule has 2 heterocycles. The predicted octanol–water partition coefficient (Wildman–Crippen LogP) is 4.82. The fraction of sp³-hybridized carbons (Fsp3) is 0.304. The van der Waals surface area contributed by atoms with Crippen molar-refractivity contribution in [3.05, 3.63) is 52.3 Å². The second-order valence-electron chi connectivity index (χ2n) is 7.77. The van der Waals surface area contributed by atoms with E-state index in [2.05, 4.69) is 31.2 Å². The van der Waals surface area contributed by atoms with Gasteiger partial charge in [0.1, 0.15) is 10.7 Å². The average molecular weight is 451 g/mol. The van der Waals surface area contributed by atoms with Crippen LogP contribution in [-0.4, -0.2) is 28.8 Å². The Morgan fingerprint density at radius 1 is 1.03 bits per heavy atom. The Hall–Kier alpha value is -3.46. The molecule has 4 rings (SSSR count). The maximum Gasteiger partial charge on any atom is 0.263 e. The number of anilines is 5. The van der Waals surface area contributed by atoms with E-state index in [1.54, 1.807) is 13.2 Å². The molecule has 2 aromatic heterocycles. The molecule has 32 heavy (non-hydrogen) atoms. The van der Waals surface area contributed by atoms with Crippen LogP contribution in [0.4, 0.5) is 28.8 Å². The van der Waals surface area contributed by atoms with Crippen molar-refractivity contribution >= 4 is 52.0 Å². The van der Waals surface area contributed by atoms with Crippen LogP contribution in [0.5, 0.6) is 0 Å². The molecule has 1 aliphatic carbocycles. The van der Waals surface area contributed by atoms with Gasteiger partial charge in [0, 0.05) is 36.1 Å². The van der Waals surface area contributed by atoms with E-state index in [9.17, 15) is 9.59 Å². The van der Waals surface area contributed by atoms with E-state index in [0.717, 1.165) is 42.6 Å². The van der Waals surface area contributed by atoms with E-state index >= 15 is 0 Å². The highest BCUT2D eigenvalue weighted by molar-refractivity contribution is 7.12. The summed E-state index contributed by atoms with van der Waals surface area (Å²) in [5.74, 6) is 1.13. The zero-order valence-electron chi connectivity index (χ0n) is 18.1. The van der Waals surface area contributed by atoms with Gasteiger partial charge in [-0.2, -0.15) is 4.98 Å². The van der Waals surface area contributed by atoms with Crippen LogP contribution >= 0.6 is 11.3 Å². The lowest BCUT2D eigenvalue weighted by molar-refractivity contribution is -0.119. The van der Waals surface area contributed by atoms with Crippen molar-refractivity contribution in [2.75, 3.05) is 23.0 Å². The molecule has 1 aliphatic rings. The molecule has 9 heteroatoms. The van der Waals surface area contributed by atoms with Crippen molar-refractivity contribution in [1.82, 2.24) is 15.3 Å². The van der Waals surface area contributed by atoms with Crippen molar-refractivity contribution in [2.24, 2.45) is 5.92 Å². The van der Waals surface area contributed by atoms with Crippen LogP contribution in [0, 0.1) is 12.8 Å². The van der Waals surface area contributed by atoms with E-state index in [-0.39, 0.29) is 17.7 Å². The number of thiophene rings is 1. The average Bonchev–Trinajstić information content (AvgIpc) is 3.49. The SMILES string of the molecule is CNC(=O)c1sccc1Nc1nc(Nc2ccc(NC(=O)C3CCCC3)cc2)ncc1C. The highest BCUT2D eigenvalue weighted by Gasteiger charge is 2.22. The van der Waals surface area contributed by atoms with Crippen LogP contribution < -0.4 is 21.3 Å². The molecule has 1 saturated carbocycles. The minimum Gasteiger partial charge on any atom is -0.354 e. The summed E-state index contributed by atoms with van der Waals surface area (Å²) in [6, 6.07) is 9.34. The number of nitrogens with one attached hydrogen (secondary N) is 4. The number of benzene rings is 1. The molecule has 8 nitrogen and oxygen atoms in total. The van der Waals surface area contributed by atoms with Crippen molar-refractivity contribution in [3.63, 3.8) is 0 Å². The van der Waals surface area contributed by atoms with Crippen molar-refractivity contribution in [1.29, 1.82) is 0 Å². The summed E-state index contributed by atoms with van der Waals surface area (Å²) in [5.41, 5.74) is 3.14. The lowest BCUT2D eigenvalue weighted by Gasteiger charge is -2.12. The largest absolute Gasteiger partial charge is 0.354 e. The van der Waals surface area contributed by atoms with Gasteiger partial charge in [0.2, 0.25) is 11.9 Å². The number of aryl methyl sites for hydroxylation is 1. The summed E-state index contributed by atoms with van der Waals surface area (Å²) >= 11 is 1.36. The highest BCUT2D eigenvalue weighted by atomic mass is 32.1. The fourth-order valence-electron chi connectivity index (χ4n) is 3.65. The van der Waals surface area contributed by atoms with Gasteiger partial charge in [0.05, 0.1) is 5.69 Å². The molecule has 1 aromatic carbocycles. The van der Waals surface area contributed by atoms with Crippen LogP contribution in [0.25, 0.3) is 0 Å². The molecule has 1 fully saturated rings. The third-order valence-corrected chi connectivity index (χ3v) is 6.37. The van der Waals surface area contributed by atoms with Crippen LogP contribution in [0.1, 0.15) is 40.9 Å². The van der Waals surface area contributed by atoms with Gasteiger partial charge >= 0.3 is 0 Å². The predicted molar refractivity (Wildman–Crippen MR) is 128 cm³/mol. The first kappa shape index (κ1) is 21.8. The minimum absolute atomic E-state index is 0.102. The molecule has 3 aromatic rings. The van der Waals surface area contributed by atoms with Crippen molar-refractivity contribution < 1.29 is 9.59 Å². The van der Waals surface area contributed by atoms with Crippen LogP contribution in [-0.2, 0) is 4.79 Å². The van der Waals surface area contributed by atoms with E-state index in [0.29, 0.717) is 22.3 Å². The van der Waals surface area contributed by atoms with E-state index in [1.807, 2.05) is 42.6 Å². The Kier molecular flexibility index (Phi) is 6.65. The van der Waals surface area contributed by atoms with E-state index in [4.69, 9.17) is 0 Å². The van der Waals surface area contributed by atoms with Gasteiger partial charge in [-0.05, 0) is 55.5 Å². The number of carbonyl (C=O) groups is 2. The fourth-order valence-corrected chi connectivity index (χ4v) is 4.45. The number of hydrogen-bond acceptors (Lipinski definition) is 7. The summed E-state index contributed by atoms with van der Waals surface area (Å²) in [6.07, 6.45) is 5.94. The molecule has 0 atom stereocenters. The first-order valence-electron chi connectivity index (χ1n) is 10.6. The number of carbonyl (C=O) groups excluding carboxylic acids is 2. The van der Waals surface area contributed by atoms with E-state index in [1.165, 1.54) is 11.3 Å². The lowest BCUT2D eigenvalue weighted by Crippen LogP contribution is -2.20. The van der Waals surface area contributed by atoms with Crippen LogP contribution in [0.2, 0.25) is 0 Å².